The number of alkyl halides is 3. The van der Waals surface area contributed by atoms with Crippen molar-refractivity contribution >= 4 is 12.4 Å². The number of nitrogens with one attached hydrogen (secondary N) is 1. The van der Waals surface area contributed by atoms with Crippen molar-refractivity contribution in [3.05, 3.63) is 94.5 Å². The molecule has 2 atom stereocenters. The van der Waals surface area contributed by atoms with E-state index in [0.717, 1.165) is 34.4 Å². The second-order valence-corrected chi connectivity index (χ2v) is 8.52. The molecule has 0 fully saturated rings. The van der Waals surface area contributed by atoms with Gasteiger partial charge in [0.2, 0.25) is 0 Å². The number of hydrogen-bond donors (Lipinski definition) is 3. The number of ether oxygens (including phenoxy) is 1. The van der Waals surface area contributed by atoms with Gasteiger partial charge in [-0.1, -0.05) is 60.7 Å². The molecular weight excluding hydrogens is 475 g/mol. The topological polar surface area (TPSA) is 95.9 Å². The van der Waals surface area contributed by atoms with E-state index >= 15 is 0 Å². The van der Waals surface area contributed by atoms with Gasteiger partial charge in [0.15, 0.2) is 0 Å². The second kappa shape index (κ2) is 10.5. The molecule has 0 heterocycles. The van der Waals surface area contributed by atoms with Crippen molar-refractivity contribution in [2.75, 3.05) is 13.2 Å². The maximum absolute atomic E-state index is 13.4. The summed E-state index contributed by atoms with van der Waals surface area (Å²) in [5, 5.41) is 23.0. The highest BCUT2D eigenvalue weighted by molar-refractivity contribution is 5.79. The van der Waals surface area contributed by atoms with Crippen LogP contribution in [0.1, 0.15) is 51.1 Å². The number of hydrogen-bond acceptors (Lipinski definition) is 5. The van der Waals surface area contributed by atoms with Crippen molar-refractivity contribution in [2.24, 2.45) is 0 Å². The van der Waals surface area contributed by atoms with Gasteiger partial charge >= 0.3 is 12.3 Å². The van der Waals surface area contributed by atoms with Crippen LogP contribution < -0.4 is 5.32 Å². The summed E-state index contributed by atoms with van der Waals surface area (Å²) in [5.74, 6) is -0.134. The van der Waals surface area contributed by atoms with E-state index in [2.05, 4.69) is 5.32 Å². The lowest BCUT2D eigenvalue weighted by atomic mass is 9.95. The molecule has 3 aromatic carbocycles. The number of aliphatic hydroxyl groups is 2. The molecule has 0 saturated heterocycles. The summed E-state index contributed by atoms with van der Waals surface area (Å²) in [6, 6.07) is 18.4. The second-order valence-electron chi connectivity index (χ2n) is 8.52. The SMILES string of the molecule is O=Cc1ccc(C(O)C(O)CCNC(=O)OCC2c3ccccc3-c3ccccc32)c(C(F)(F)F)c1. The summed E-state index contributed by atoms with van der Waals surface area (Å²) < 4.78 is 45.5. The Morgan fingerprint density at radius 3 is 2.19 bits per heavy atom. The molecule has 0 aromatic heterocycles. The number of alkyl carbamates (subject to hydrolysis) is 1. The van der Waals surface area contributed by atoms with Gasteiger partial charge in [-0.15, -0.1) is 0 Å². The van der Waals surface area contributed by atoms with E-state index in [1.54, 1.807) is 0 Å². The van der Waals surface area contributed by atoms with Crippen molar-refractivity contribution < 1.29 is 37.7 Å². The van der Waals surface area contributed by atoms with Crippen LogP contribution in [0.2, 0.25) is 0 Å². The van der Waals surface area contributed by atoms with Crippen LogP contribution in [0.15, 0.2) is 66.7 Å². The number of fused-ring (bicyclic) bond motifs is 3. The standard InChI is InChI=1S/C27H24F3NO5/c28-27(29,30)23-13-16(14-32)9-10-21(23)25(34)24(33)11-12-31-26(35)36-15-22-19-7-3-1-5-17(19)18-6-2-4-8-20(18)22/h1-10,13-14,22,24-25,33-34H,11-12,15H2,(H,31,35). The monoisotopic (exact) mass is 499 g/mol. The summed E-state index contributed by atoms with van der Waals surface area (Å²) >= 11 is 0. The molecular formula is C27H24F3NO5. The largest absolute Gasteiger partial charge is 0.449 e. The fourth-order valence-electron chi connectivity index (χ4n) is 4.49. The minimum atomic E-state index is -4.82. The van der Waals surface area contributed by atoms with Crippen molar-refractivity contribution in [3.63, 3.8) is 0 Å². The number of aldehydes is 1. The van der Waals surface area contributed by atoms with Gasteiger partial charge in [-0.2, -0.15) is 13.2 Å². The number of halogens is 3. The zero-order valence-electron chi connectivity index (χ0n) is 19.0. The van der Waals surface area contributed by atoms with Crippen LogP contribution in [0.3, 0.4) is 0 Å². The minimum Gasteiger partial charge on any atom is -0.449 e. The number of rotatable bonds is 8. The van der Waals surface area contributed by atoms with Gasteiger partial charge in [0, 0.05) is 18.0 Å². The summed E-state index contributed by atoms with van der Waals surface area (Å²) in [6.07, 6.45) is -8.99. The third kappa shape index (κ3) is 5.27. The Balaban J connectivity index is 1.32. The zero-order valence-corrected chi connectivity index (χ0v) is 19.0. The molecule has 1 aliphatic rings. The van der Waals surface area contributed by atoms with Crippen molar-refractivity contribution in [1.29, 1.82) is 0 Å². The predicted octanol–water partition coefficient (Wildman–Crippen LogP) is 4.84. The molecule has 1 aliphatic carbocycles. The number of benzene rings is 3. The lowest BCUT2D eigenvalue weighted by molar-refractivity contribution is -0.140. The first-order valence-electron chi connectivity index (χ1n) is 11.3. The lowest BCUT2D eigenvalue weighted by Crippen LogP contribution is -2.31. The fraction of sp³-hybridized carbons (Fsp3) is 0.259. The van der Waals surface area contributed by atoms with Gasteiger partial charge in [0.1, 0.15) is 19.0 Å². The molecule has 3 N–H and O–H groups in total. The van der Waals surface area contributed by atoms with Crippen LogP contribution in [0.25, 0.3) is 11.1 Å². The Morgan fingerprint density at radius 1 is 1.00 bits per heavy atom. The van der Waals surface area contributed by atoms with Gasteiger partial charge < -0.3 is 20.3 Å². The Hall–Kier alpha value is -3.69. The Labute approximate surface area is 205 Å². The van der Waals surface area contributed by atoms with Gasteiger partial charge in [-0.25, -0.2) is 4.79 Å². The highest BCUT2D eigenvalue weighted by Gasteiger charge is 2.36. The third-order valence-electron chi connectivity index (χ3n) is 6.26. The Morgan fingerprint density at radius 2 is 1.61 bits per heavy atom. The third-order valence-corrected chi connectivity index (χ3v) is 6.26. The molecule has 4 rings (SSSR count). The van der Waals surface area contributed by atoms with E-state index in [0.29, 0.717) is 6.07 Å². The number of aliphatic hydroxyl groups excluding tert-OH is 2. The zero-order chi connectivity index (χ0) is 25.9. The molecule has 9 heteroatoms. The van der Waals surface area contributed by atoms with E-state index in [-0.39, 0.29) is 37.3 Å². The molecule has 0 bridgehead atoms. The molecule has 2 unspecified atom stereocenters. The highest BCUT2D eigenvalue weighted by atomic mass is 19.4. The Bertz CT molecular complexity index is 1210. The summed E-state index contributed by atoms with van der Waals surface area (Å²) in [6.45, 7) is -0.0499. The van der Waals surface area contributed by atoms with Gasteiger partial charge in [-0.05, 0) is 40.3 Å². The van der Waals surface area contributed by atoms with Crippen molar-refractivity contribution in [1.82, 2.24) is 5.32 Å². The van der Waals surface area contributed by atoms with E-state index in [1.807, 2.05) is 48.5 Å². The number of amides is 1. The van der Waals surface area contributed by atoms with Gasteiger partial charge in [0.05, 0.1) is 11.7 Å². The van der Waals surface area contributed by atoms with Crippen LogP contribution in [0, 0.1) is 0 Å². The summed E-state index contributed by atoms with van der Waals surface area (Å²) in [7, 11) is 0. The lowest BCUT2D eigenvalue weighted by Gasteiger charge is -2.22. The van der Waals surface area contributed by atoms with Crippen LogP contribution in [0.5, 0.6) is 0 Å². The van der Waals surface area contributed by atoms with Crippen LogP contribution in [0.4, 0.5) is 18.0 Å². The first-order chi connectivity index (χ1) is 17.2. The number of carbonyl (C=O) groups excluding carboxylic acids is 2. The quantitative estimate of drug-likeness (QED) is 0.386. The average Bonchev–Trinajstić information content (AvgIpc) is 3.19. The van der Waals surface area contributed by atoms with E-state index in [9.17, 15) is 33.0 Å². The number of carbonyl (C=O) groups is 2. The molecule has 36 heavy (non-hydrogen) atoms. The van der Waals surface area contributed by atoms with Crippen LogP contribution in [-0.4, -0.2) is 41.8 Å². The average molecular weight is 499 g/mol. The molecule has 0 aliphatic heterocycles. The molecule has 0 saturated carbocycles. The van der Waals surface area contributed by atoms with Crippen LogP contribution in [-0.2, 0) is 10.9 Å². The predicted molar refractivity (Wildman–Crippen MR) is 125 cm³/mol. The van der Waals surface area contributed by atoms with E-state index in [4.69, 9.17) is 4.74 Å². The van der Waals surface area contributed by atoms with E-state index < -0.39 is 35.6 Å². The maximum atomic E-state index is 13.4. The first-order valence-corrected chi connectivity index (χ1v) is 11.3. The maximum Gasteiger partial charge on any atom is 0.416 e. The molecule has 6 nitrogen and oxygen atoms in total. The van der Waals surface area contributed by atoms with Crippen molar-refractivity contribution in [3.8, 4) is 11.1 Å². The first kappa shape index (κ1) is 25.4. The molecule has 188 valence electrons. The van der Waals surface area contributed by atoms with Crippen molar-refractivity contribution in [2.45, 2.75) is 30.7 Å². The summed E-state index contributed by atoms with van der Waals surface area (Å²) in [4.78, 5) is 23.1. The Kier molecular flexibility index (Phi) is 7.42. The normalized spacial score (nSPS) is 14.5. The van der Waals surface area contributed by atoms with E-state index in [1.165, 1.54) is 0 Å². The minimum absolute atomic E-state index is 0.0864. The summed E-state index contributed by atoms with van der Waals surface area (Å²) in [5.41, 5.74) is 2.30. The molecule has 3 aromatic rings. The van der Waals surface area contributed by atoms with Crippen LogP contribution >= 0.6 is 0 Å². The van der Waals surface area contributed by atoms with Gasteiger partial charge in [0.25, 0.3) is 0 Å². The molecule has 0 spiro atoms. The highest BCUT2D eigenvalue weighted by Crippen LogP contribution is 2.44. The van der Waals surface area contributed by atoms with Gasteiger partial charge in [-0.3, -0.25) is 4.79 Å². The fourth-order valence-corrected chi connectivity index (χ4v) is 4.49. The molecule has 0 radical (unpaired) electrons. The molecule has 1 amide bonds. The smallest absolute Gasteiger partial charge is 0.416 e.